The minimum Gasteiger partial charge on any atom is -0.369 e. The molecule has 0 aromatic carbocycles. The van der Waals surface area contributed by atoms with Crippen molar-refractivity contribution in [3.05, 3.63) is 24.0 Å². The van der Waals surface area contributed by atoms with Crippen LogP contribution in [0.4, 0.5) is 0 Å². The van der Waals surface area contributed by atoms with Crippen LogP contribution in [-0.4, -0.2) is 17.1 Å². The fourth-order valence-electron chi connectivity index (χ4n) is 0.815. The first-order valence-corrected chi connectivity index (χ1v) is 4.72. The lowest BCUT2D eigenvalue weighted by Crippen LogP contribution is -2.14. The van der Waals surface area contributed by atoms with E-state index >= 15 is 0 Å². The van der Waals surface area contributed by atoms with Crippen molar-refractivity contribution in [1.29, 1.82) is 0 Å². The second kappa shape index (κ2) is 4.11. The smallest absolute Gasteiger partial charge is 0.223 e. The summed E-state index contributed by atoms with van der Waals surface area (Å²) in [5.41, 5.74) is 5.73. The lowest BCUT2D eigenvalue weighted by molar-refractivity contribution is -0.117. The molecule has 1 rings (SSSR count). The van der Waals surface area contributed by atoms with Crippen LogP contribution >= 0.6 is 11.8 Å². The lowest BCUT2D eigenvalue weighted by Gasteiger charge is -1.97. The Bertz CT molecular complexity index is 271. The van der Waals surface area contributed by atoms with Crippen LogP contribution in [0.1, 0.15) is 5.69 Å². The van der Waals surface area contributed by atoms with Crippen molar-refractivity contribution in [2.45, 2.75) is 11.3 Å². The maximum absolute atomic E-state index is 10.5. The zero-order valence-electron chi connectivity index (χ0n) is 6.78. The van der Waals surface area contributed by atoms with Crippen molar-refractivity contribution in [1.82, 2.24) is 4.98 Å². The summed E-state index contributed by atoms with van der Waals surface area (Å²) in [6.07, 6.45) is 3.93. The second-order valence-corrected chi connectivity index (χ2v) is 3.21. The molecule has 0 aliphatic heterocycles. The first-order valence-electron chi connectivity index (χ1n) is 3.49. The number of amides is 1. The molecule has 1 heterocycles. The van der Waals surface area contributed by atoms with Gasteiger partial charge in [0.25, 0.3) is 0 Å². The number of carbonyl (C=O) groups excluding carboxylic acids is 1. The molecule has 0 aliphatic carbocycles. The van der Waals surface area contributed by atoms with Crippen LogP contribution in [0, 0.1) is 0 Å². The molecule has 4 heteroatoms. The van der Waals surface area contributed by atoms with Gasteiger partial charge in [-0.25, -0.2) is 0 Å². The monoisotopic (exact) mass is 182 g/mol. The predicted octanol–water partition coefficient (Wildman–Crippen LogP) is 0.831. The van der Waals surface area contributed by atoms with Gasteiger partial charge in [0.1, 0.15) is 0 Å². The van der Waals surface area contributed by atoms with Gasteiger partial charge < -0.3 is 5.73 Å². The van der Waals surface area contributed by atoms with E-state index in [9.17, 15) is 4.79 Å². The van der Waals surface area contributed by atoms with E-state index in [1.165, 1.54) is 0 Å². The van der Waals surface area contributed by atoms with Crippen LogP contribution in [0.15, 0.2) is 23.2 Å². The van der Waals surface area contributed by atoms with Gasteiger partial charge in [0.05, 0.1) is 6.42 Å². The van der Waals surface area contributed by atoms with E-state index in [1.807, 2.05) is 18.4 Å². The Balaban J connectivity index is 2.71. The lowest BCUT2D eigenvalue weighted by atomic mass is 10.3. The van der Waals surface area contributed by atoms with Crippen LogP contribution in [-0.2, 0) is 11.2 Å². The van der Waals surface area contributed by atoms with Gasteiger partial charge in [0, 0.05) is 16.8 Å². The zero-order chi connectivity index (χ0) is 8.97. The molecule has 0 atom stereocenters. The third-order valence-electron chi connectivity index (χ3n) is 1.39. The average Bonchev–Trinajstić information content (AvgIpc) is 2.05. The number of nitrogens with zero attached hydrogens (tertiary/aromatic N) is 1. The number of carbonyl (C=O) groups is 1. The Morgan fingerprint density at radius 3 is 2.83 bits per heavy atom. The number of rotatable bonds is 3. The van der Waals surface area contributed by atoms with Gasteiger partial charge >= 0.3 is 0 Å². The summed E-state index contributed by atoms with van der Waals surface area (Å²) in [5, 5.41) is 0. The van der Waals surface area contributed by atoms with Gasteiger partial charge in [0.15, 0.2) is 0 Å². The molecule has 0 spiro atoms. The Hall–Kier alpha value is -1.03. The molecular formula is C8H10N2OS. The molecular weight excluding hydrogens is 172 g/mol. The number of hydrogen-bond acceptors (Lipinski definition) is 3. The Labute approximate surface area is 75.4 Å². The quantitative estimate of drug-likeness (QED) is 0.704. The van der Waals surface area contributed by atoms with E-state index in [-0.39, 0.29) is 12.3 Å². The van der Waals surface area contributed by atoms with Gasteiger partial charge in [-0.3, -0.25) is 9.78 Å². The van der Waals surface area contributed by atoms with Crippen molar-refractivity contribution in [2.75, 3.05) is 6.26 Å². The van der Waals surface area contributed by atoms with Crippen molar-refractivity contribution in [3.63, 3.8) is 0 Å². The van der Waals surface area contributed by atoms with Crippen molar-refractivity contribution < 1.29 is 4.79 Å². The minimum absolute atomic E-state index is 0.217. The van der Waals surface area contributed by atoms with E-state index in [0.717, 1.165) is 10.6 Å². The zero-order valence-corrected chi connectivity index (χ0v) is 7.60. The van der Waals surface area contributed by atoms with Crippen molar-refractivity contribution >= 4 is 17.7 Å². The van der Waals surface area contributed by atoms with Gasteiger partial charge in [-0.1, -0.05) is 0 Å². The molecule has 64 valence electrons. The van der Waals surface area contributed by atoms with Gasteiger partial charge in [0.2, 0.25) is 5.91 Å². The first kappa shape index (κ1) is 9.06. The molecule has 0 radical (unpaired) electrons. The SMILES string of the molecule is CSc1ccc(CC(N)=O)nc1. The van der Waals surface area contributed by atoms with E-state index in [0.29, 0.717) is 0 Å². The van der Waals surface area contributed by atoms with E-state index in [1.54, 1.807) is 18.0 Å². The van der Waals surface area contributed by atoms with Crippen LogP contribution in [0.2, 0.25) is 0 Å². The highest BCUT2D eigenvalue weighted by atomic mass is 32.2. The fourth-order valence-corrected chi connectivity index (χ4v) is 1.18. The summed E-state index contributed by atoms with van der Waals surface area (Å²) in [6.45, 7) is 0. The van der Waals surface area contributed by atoms with Crippen LogP contribution < -0.4 is 5.73 Å². The number of thioether (sulfide) groups is 1. The number of nitrogens with two attached hydrogens (primary N) is 1. The Morgan fingerprint density at radius 2 is 2.42 bits per heavy atom. The predicted molar refractivity (Wildman–Crippen MR) is 48.9 cm³/mol. The molecule has 3 nitrogen and oxygen atoms in total. The normalized spacial score (nSPS) is 9.75. The second-order valence-electron chi connectivity index (χ2n) is 2.33. The van der Waals surface area contributed by atoms with E-state index in [2.05, 4.69) is 4.98 Å². The third-order valence-corrected chi connectivity index (χ3v) is 2.10. The summed E-state index contributed by atoms with van der Waals surface area (Å²) in [7, 11) is 0. The number of hydrogen-bond donors (Lipinski definition) is 1. The van der Waals surface area contributed by atoms with E-state index in [4.69, 9.17) is 5.73 Å². The standard InChI is InChI=1S/C8H10N2OS/c1-12-7-3-2-6(10-5-7)4-8(9)11/h2-3,5H,4H2,1H3,(H2,9,11). The van der Waals surface area contributed by atoms with Gasteiger partial charge in [-0.05, 0) is 18.4 Å². The molecule has 1 aromatic rings. The largest absolute Gasteiger partial charge is 0.369 e. The van der Waals surface area contributed by atoms with Crippen molar-refractivity contribution in [2.24, 2.45) is 5.73 Å². The number of aromatic nitrogens is 1. The molecule has 0 aliphatic rings. The Kier molecular flexibility index (Phi) is 3.10. The molecule has 12 heavy (non-hydrogen) atoms. The Morgan fingerprint density at radius 1 is 1.67 bits per heavy atom. The molecule has 0 bridgehead atoms. The molecule has 0 unspecified atom stereocenters. The maximum atomic E-state index is 10.5. The highest BCUT2D eigenvalue weighted by molar-refractivity contribution is 7.98. The molecule has 0 fully saturated rings. The average molecular weight is 182 g/mol. The minimum atomic E-state index is -0.348. The third kappa shape index (κ3) is 2.54. The van der Waals surface area contributed by atoms with Crippen LogP contribution in [0.3, 0.4) is 0 Å². The summed E-state index contributed by atoms with van der Waals surface area (Å²) in [4.78, 5) is 15.7. The van der Waals surface area contributed by atoms with Gasteiger partial charge in [-0.2, -0.15) is 0 Å². The highest BCUT2D eigenvalue weighted by Crippen LogP contribution is 2.12. The van der Waals surface area contributed by atoms with E-state index < -0.39 is 0 Å². The molecule has 0 saturated carbocycles. The van der Waals surface area contributed by atoms with Crippen molar-refractivity contribution in [3.8, 4) is 0 Å². The number of pyridine rings is 1. The first-order chi connectivity index (χ1) is 5.72. The van der Waals surface area contributed by atoms with Gasteiger partial charge in [-0.15, -0.1) is 11.8 Å². The summed E-state index contributed by atoms with van der Waals surface area (Å²) >= 11 is 1.62. The summed E-state index contributed by atoms with van der Waals surface area (Å²) in [5.74, 6) is -0.348. The highest BCUT2D eigenvalue weighted by Gasteiger charge is 1.98. The maximum Gasteiger partial charge on any atom is 0.223 e. The van der Waals surface area contributed by atoms with Crippen LogP contribution in [0.5, 0.6) is 0 Å². The van der Waals surface area contributed by atoms with Crippen LogP contribution in [0.25, 0.3) is 0 Å². The fraction of sp³-hybridized carbons (Fsp3) is 0.250. The summed E-state index contributed by atoms with van der Waals surface area (Å²) in [6, 6.07) is 3.74. The molecule has 2 N–H and O–H groups in total. The summed E-state index contributed by atoms with van der Waals surface area (Å²) < 4.78 is 0. The molecule has 1 amide bonds. The molecule has 0 saturated heterocycles. The number of primary amides is 1. The topological polar surface area (TPSA) is 56.0 Å². The molecule has 1 aromatic heterocycles.